The third-order valence-electron chi connectivity index (χ3n) is 2.69. The summed E-state index contributed by atoms with van der Waals surface area (Å²) in [6.45, 7) is 3.04. The second-order valence-corrected chi connectivity index (χ2v) is 5.01. The van der Waals surface area contributed by atoms with E-state index >= 15 is 0 Å². The minimum atomic E-state index is -0.252. The Morgan fingerprint density at radius 2 is 2.25 bits per heavy atom. The van der Waals surface area contributed by atoms with Crippen LogP contribution in [0.2, 0.25) is 0 Å². The highest BCUT2D eigenvalue weighted by atomic mass is 32.2. The van der Waals surface area contributed by atoms with Crippen LogP contribution in [-0.2, 0) is 4.79 Å². The van der Waals surface area contributed by atoms with Crippen LogP contribution in [-0.4, -0.2) is 17.8 Å². The van der Waals surface area contributed by atoms with E-state index in [9.17, 15) is 4.79 Å². The van der Waals surface area contributed by atoms with Crippen LogP contribution in [0.1, 0.15) is 19.8 Å². The fraction of sp³-hybridized carbons (Fsp3) is 0.417. The molecule has 2 rings (SSSR count). The molecule has 0 bridgehead atoms. The van der Waals surface area contributed by atoms with E-state index in [1.165, 1.54) is 0 Å². The van der Waals surface area contributed by atoms with Crippen LogP contribution in [0, 0.1) is 0 Å². The molecule has 1 unspecified atom stereocenters. The molecule has 0 saturated carbocycles. The summed E-state index contributed by atoms with van der Waals surface area (Å²) in [7, 11) is 0. The molecule has 1 atom stereocenters. The lowest BCUT2D eigenvalue weighted by atomic mass is 10.2. The molecule has 3 nitrogen and oxygen atoms in total. The first-order valence-electron chi connectivity index (χ1n) is 5.55. The number of rotatable bonds is 4. The van der Waals surface area contributed by atoms with Gasteiger partial charge in [0.2, 0.25) is 0 Å². The first-order valence-corrected chi connectivity index (χ1v) is 6.43. The number of hydrogen-bond donors (Lipinski definition) is 1. The SMILES string of the molecule is CCCCN1c2ccccc2SC1C(N)=O. The van der Waals surface area contributed by atoms with Gasteiger partial charge in [0.1, 0.15) is 0 Å². The van der Waals surface area contributed by atoms with Crippen molar-refractivity contribution in [2.75, 3.05) is 11.4 Å². The zero-order valence-electron chi connectivity index (χ0n) is 9.35. The smallest absolute Gasteiger partial charge is 0.251 e. The summed E-state index contributed by atoms with van der Waals surface area (Å²) >= 11 is 1.55. The number of benzene rings is 1. The van der Waals surface area contributed by atoms with Crippen LogP contribution >= 0.6 is 11.8 Å². The van der Waals surface area contributed by atoms with Crippen molar-refractivity contribution in [3.8, 4) is 0 Å². The van der Waals surface area contributed by atoms with Gasteiger partial charge in [0.15, 0.2) is 5.37 Å². The van der Waals surface area contributed by atoms with E-state index in [1.54, 1.807) is 11.8 Å². The Labute approximate surface area is 100.0 Å². The Morgan fingerprint density at radius 3 is 2.94 bits per heavy atom. The molecule has 1 aromatic rings. The number of hydrogen-bond acceptors (Lipinski definition) is 3. The molecule has 0 fully saturated rings. The Bertz CT molecular complexity index is 394. The highest BCUT2D eigenvalue weighted by molar-refractivity contribution is 8.01. The van der Waals surface area contributed by atoms with E-state index in [1.807, 2.05) is 18.2 Å². The molecular formula is C12H16N2OS. The lowest BCUT2D eigenvalue weighted by molar-refractivity contribution is -0.117. The molecule has 2 N–H and O–H groups in total. The number of amides is 1. The summed E-state index contributed by atoms with van der Waals surface area (Å²) < 4.78 is 0. The number of carbonyl (C=O) groups is 1. The van der Waals surface area contributed by atoms with Crippen molar-refractivity contribution >= 4 is 23.4 Å². The van der Waals surface area contributed by atoms with Crippen molar-refractivity contribution in [2.24, 2.45) is 5.73 Å². The molecule has 86 valence electrons. The van der Waals surface area contributed by atoms with Gasteiger partial charge in [0.05, 0.1) is 5.69 Å². The summed E-state index contributed by atoms with van der Waals surface area (Å²) in [6, 6.07) is 8.09. The van der Waals surface area contributed by atoms with Crippen LogP contribution in [0.15, 0.2) is 29.2 Å². The van der Waals surface area contributed by atoms with E-state index in [0.717, 1.165) is 30.0 Å². The zero-order valence-corrected chi connectivity index (χ0v) is 10.2. The summed E-state index contributed by atoms with van der Waals surface area (Å²) in [5, 5.41) is -0.232. The quantitative estimate of drug-likeness (QED) is 0.872. The van der Waals surface area contributed by atoms with Crippen molar-refractivity contribution in [1.82, 2.24) is 0 Å². The Kier molecular flexibility index (Phi) is 3.39. The molecule has 16 heavy (non-hydrogen) atoms. The fourth-order valence-electron chi connectivity index (χ4n) is 1.88. The molecule has 1 amide bonds. The highest BCUT2D eigenvalue weighted by Crippen LogP contribution is 2.42. The number of thioether (sulfide) groups is 1. The average molecular weight is 236 g/mol. The lowest BCUT2D eigenvalue weighted by Gasteiger charge is -2.23. The average Bonchev–Trinajstić information content (AvgIpc) is 2.65. The Hall–Kier alpha value is -1.16. The number of nitrogens with two attached hydrogens (primary N) is 1. The molecule has 0 spiro atoms. The van der Waals surface area contributed by atoms with Gasteiger partial charge in [-0.05, 0) is 18.6 Å². The van der Waals surface area contributed by atoms with Crippen molar-refractivity contribution in [3.63, 3.8) is 0 Å². The third kappa shape index (κ3) is 2.02. The largest absolute Gasteiger partial charge is 0.367 e. The third-order valence-corrected chi connectivity index (χ3v) is 4.00. The van der Waals surface area contributed by atoms with Crippen molar-refractivity contribution < 1.29 is 4.79 Å². The number of primary amides is 1. The molecule has 1 aliphatic rings. The second-order valence-electron chi connectivity index (χ2n) is 3.89. The molecule has 0 saturated heterocycles. The standard InChI is InChI=1S/C12H16N2OS/c1-2-3-8-14-9-6-4-5-7-10(9)16-12(14)11(13)15/h4-7,12H,2-3,8H2,1H3,(H2,13,15). The summed E-state index contributed by atoms with van der Waals surface area (Å²) in [5.41, 5.74) is 6.58. The van der Waals surface area contributed by atoms with Gasteiger partial charge >= 0.3 is 0 Å². The summed E-state index contributed by atoms with van der Waals surface area (Å²) in [4.78, 5) is 14.7. The molecule has 1 aliphatic heterocycles. The number of carbonyl (C=O) groups excluding carboxylic acids is 1. The van der Waals surface area contributed by atoms with Crippen molar-refractivity contribution in [3.05, 3.63) is 24.3 Å². The van der Waals surface area contributed by atoms with Crippen LogP contribution < -0.4 is 10.6 Å². The van der Waals surface area contributed by atoms with Crippen LogP contribution in [0.4, 0.5) is 5.69 Å². The highest BCUT2D eigenvalue weighted by Gasteiger charge is 2.32. The van der Waals surface area contributed by atoms with Gasteiger partial charge < -0.3 is 10.6 Å². The maximum Gasteiger partial charge on any atom is 0.251 e. The molecule has 0 radical (unpaired) electrons. The molecule has 0 aliphatic carbocycles. The number of anilines is 1. The van der Waals surface area contributed by atoms with E-state index in [2.05, 4.69) is 17.9 Å². The molecule has 1 aromatic carbocycles. The monoisotopic (exact) mass is 236 g/mol. The summed E-state index contributed by atoms with van der Waals surface area (Å²) in [5.74, 6) is -0.252. The number of para-hydroxylation sites is 1. The van der Waals surface area contributed by atoms with Crippen molar-refractivity contribution in [1.29, 1.82) is 0 Å². The van der Waals surface area contributed by atoms with Gasteiger partial charge in [-0.1, -0.05) is 37.2 Å². The number of fused-ring (bicyclic) bond motifs is 1. The van der Waals surface area contributed by atoms with E-state index in [4.69, 9.17) is 5.73 Å². The number of nitrogens with zero attached hydrogens (tertiary/aromatic N) is 1. The van der Waals surface area contributed by atoms with Crippen LogP contribution in [0.25, 0.3) is 0 Å². The Balaban J connectivity index is 2.25. The molecular weight excluding hydrogens is 220 g/mol. The zero-order chi connectivity index (χ0) is 11.5. The number of unbranched alkanes of at least 4 members (excludes halogenated alkanes) is 1. The van der Waals surface area contributed by atoms with E-state index < -0.39 is 0 Å². The Morgan fingerprint density at radius 1 is 1.50 bits per heavy atom. The summed E-state index contributed by atoms with van der Waals surface area (Å²) in [6.07, 6.45) is 2.20. The second kappa shape index (κ2) is 4.78. The van der Waals surface area contributed by atoms with Crippen LogP contribution in [0.3, 0.4) is 0 Å². The predicted molar refractivity (Wildman–Crippen MR) is 67.5 cm³/mol. The predicted octanol–water partition coefficient (Wildman–Crippen LogP) is 2.21. The van der Waals surface area contributed by atoms with E-state index in [-0.39, 0.29) is 11.3 Å². The topological polar surface area (TPSA) is 46.3 Å². The minimum Gasteiger partial charge on any atom is -0.367 e. The fourth-order valence-corrected chi connectivity index (χ4v) is 3.05. The molecule has 1 heterocycles. The van der Waals surface area contributed by atoms with Gasteiger partial charge in [0.25, 0.3) is 5.91 Å². The normalized spacial score (nSPS) is 18.6. The van der Waals surface area contributed by atoms with Crippen molar-refractivity contribution in [2.45, 2.75) is 30.0 Å². The van der Waals surface area contributed by atoms with E-state index in [0.29, 0.717) is 0 Å². The van der Waals surface area contributed by atoms with Gasteiger partial charge in [0, 0.05) is 11.4 Å². The van der Waals surface area contributed by atoms with Crippen LogP contribution in [0.5, 0.6) is 0 Å². The maximum atomic E-state index is 11.4. The van der Waals surface area contributed by atoms with Gasteiger partial charge in [-0.15, -0.1) is 0 Å². The van der Waals surface area contributed by atoms with Gasteiger partial charge in [-0.3, -0.25) is 4.79 Å². The first kappa shape index (κ1) is 11.3. The molecule has 0 aromatic heterocycles. The first-order chi connectivity index (χ1) is 7.74. The maximum absolute atomic E-state index is 11.4. The lowest BCUT2D eigenvalue weighted by Crippen LogP contribution is -2.40. The molecule has 4 heteroatoms. The minimum absolute atomic E-state index is 0.232. The van der Waals surface area contributed by atoms with Gasteiger partial charge in [-0.25, -0.2) is 0 Å². The van der Waals surface area contributed by atoms with Gasteiger partial charge in [-0.2, -0.15) is 0 Å².